The number of ether oxygens (including phenoxy) is 1. The van der Waals surface area contributed by atoms with Gasteiger partial charge in [0.1, 0.15) is 0 Å². The Kier molecular flexibility index (Phi) is 7.05. The molecule has 7 nitrogen and oxygen atoms in total. The van der Waals surface area contributed by atoms with E-state index in [9.17, 15) is 4.79 Å². The van der Waals surface area contributed by atoms with Gasteiger partial charge in [0.25, 0.3) is 0 Å². The fraction of sp³-hybridized carbons (Fsp3) is 0.235. The number of aromatic nitrogens is 3. The fourth-order valence-electron chi connectivity index (χ4n) is 2.17. The van der Waals surface area contributed by atoms with Crippen LogP contribution in [0.5, 0.6) is 0 Å². The minimum atomic E-state index is -0.344. The number of urea groups is 1. The van der Waals surface area contributed by atoms with E-state index in [-0.39, 0.29) is 6.03 Å². The second-order valence-electron chi connectivity index (χ2n) is 5.55. The first-order valence-corrected chi connectivity index (χ1v) is 9.70. The van der Waals surface area contributed by atoms with Crippen LogP contribution >= 0.6 is 34.5 Å². The molecule has 1 aromatic carbocycles. The van der Waals surface area contributed by atoms with Crippen molar-refractivity contribution in [1.82, 2.24) is 19.9 Å². The van der Waals surface area contributed by atoms with Gasteiger partial charge in [0, 0.05) is 30.9 Å². The second kappa shape index (κ2) is 9.70. The number of benzene rings is 1. The third-order valence-corrected chi connectivity index (χ3v) is 5.06. The summed E-state index contributed by atoms with van der Waals surface area (Å²) in [6.07, 6.45) is 5.35. The van der Waals surface area contributed by atoms with Crippen molar-refractivity contribution in [3.8, 4) is 0 Å². The van der Waals surface area contributed by atoms with Crippen LogP contribution in [-0.2, 0) is 24.4 Å². The molecule has 0 unspecified atom stereocenters. The SMILES string of the molecule is O=C(NCc1ccc(Cl)c(Cl)c1)Nc1nc(COCCn2ccnc2)cs1. The van der Waals surface area contributed by atoms with E-state index in [4.69, 9.17) is 27.9 Å². The van der Waals surface area contributed by atoms with Gasteiger partial charge >= 0.3 is 6.03 Å². The Balaban J connectivity index is 1.38. The topological polar surface area (TPSA) is 81.1 Å². The molecule has 0 aliphatic carbocycles. The van der Waals surface area contributed by atoms with Crippen LogP contribution in [0, 0.1) is 0 Å². The number of thiazole rings is 1. The zero-order valence-electron chi connectivity index (χ0n) is 14.2. The number of hydrogen-bond acceptors (Lipinski definition) is 5. The molecule has 2 N–H and O–H groups in total. The maximum Gasteiger partial charge on any atom is 0.321 e. The number of imidazole rings is 1. The summed E-state index contributed by atoms with van der Waals surface area (Å²) in [7, 11) is 0. The van der Waals surface area contributed by atoms with Gasteiger partial charge in [-0.1, -0.05) is 29.3 Å². The lowest BCUT2D eigenvalue weighted by Gasteiger charge is -2.06. The lowest BCUT2D eigenvalue weighted by atomic mass is 10.2. The predicted octanol–water partition coefficient (Wildman–Crippen LogP) is 4.18. The molecule has 0 spiro atoms. The number of nitrogens with zero attached hydrogens (tertiary/aromatic N) is 3. The summed E-state index contributed by atoms with van der Waals surface area (Å²) in [5.41, 5.74) is 1.62. The first-order valence-electron chi connectivity index (χ1n) is 8.07. The van der Waals surface area contributed by atoms with Gasteiger partial charge in [-0.05, 0) is 17.7 Å². The highest BCUT2D eigenvalue weighted by Gasteiger charge is 2.07. The lowest BCUT2D eigenvalue weighted by molar-refractivity contribution is 0.111. The van der Waals surface area contributed by atoms with Crippen LogP contribution in [-0.4, -0.2) is 27.2 Å². The molecule has 0 fully saturated rings. The molecule has 27 heavy (non-hydrogen) atoms. The Morgan fingerprint density at radius 2 is 2.19 bits per heavy atom. The zero-order valence-corrected chi connectivity index (χ0v) is 16.5. The Labute approximate surface area is 170 Å². The molecule has 0 atom stereocenters. The molecular weight excluding hydrogens is 409 g/mol. The van der Waals surface area contributed by atoms with Crippen molar-refractivity contribution < 1.29 is 9.53 Å². The highest BCUT2D eigenvalue weighted by atomic mass is 35.5. The van der Waals surface area contributed by atoms with Gasteiger partial charge in [0.15, 0.2) is 5.13 Å². The van der Waals surface area contributed by atoms with Crippen molar-refractivity contribution in [2.75, 3.05) is 11.9 Å². The Morgan fingerprint density at radius 1 is 1.30 bits per heavy atom. The normalized spacial score (nSPS) is 10.7. The molecule has 3 rings (SSSR count). The molecular formula is C17H17Cl2N5O2S. The average molecular weight is 426 g/mol. The summed E-state index contributed by atoms with van der Waals surface area (Å²) in [6, 6.07) is 4.87. The Hall–Kier alpha value is -2.13. The van der Waals surface area contributed by atoms with Crippen molar-refractivity contribution in [3.05, 3.63) is 63.6 Å². The standard InChI is InChI=1S/C17H17Cl2N5O2S/c18-14-2-1-12(7-15(14)19)8-21-16(25)23-17-22-13(10-27-17)9-26-6-5-24-4-3-20-11-24/h1-4,7,10-11H,5-6,8-9H2,(H2,21,22,23,25). The largest absolute Gasteiger partial charge is 0.373 e. The number of carbonyl (C=O) groups is 1. The summed E-state index contributed by atoms with van der Waals surface area (Å²) in [4.78, 5) is 20.3. The first-order chi connectivity index (χ1) is 13.1. The third-order valence-electron chi connectivity index (χ3n) is 3.51. The van der Waals surface area contributed by atoms with E-state index in [0.29, 0.717) is 34.9 Å². The monoisotopic (exact) mass is 425 g/mol. The molecule has 0 aliphatic rings. The van der Waals surface area contributed by atoms with Crippen LogP contribution < -0.4 is 10.6 Å². The molecule has 0 saturated heterocycles. The maximum absolute atomic E-state index is 12.0. The number of rotatable bonds is 8. The smallest absolute Gasteiger partial charge is 0.321 e. The zero-order chi connectivity index (χ0) is 19.1. The van der Waals surface area contributed by atoms with Crippen molar-refractivity contribution >= 4 is 45.7 Å². The molecule has 2 aromatic heterocycles. The number of anilines is 1. The quantitative estimate of drug-likeness (QED) is 0.530. The van der Waals surface area contributed by atoms with Gasteiger partial charge in [-0.15, -0.1) is 11.3 Å². The van der Waals surface area contributed by atoms with Crippen LogP contribution in [0.2, 0.25) is 10.0 Å². The van der Waals surface area contributed by atoms with Crippen LogP contribution in [0.1, 0.15) is 11.3 Å². The van der Waals surface area contributed by atoms with Crippen molar-refractivity contribution in [2.45, 2.75) is 19.7 Å². The van der Waals surface area contributed by atoms with Crippen LogP contribution in [0.3, 0.4) is 0 Å². The van der Waals surface area contributed by atoms with Gasteiger partial charge in [-0.25, -0.2) is 14.8 Å². The molecule has 0 radical (unpaired) electrons. The number of hydrogen-bond donors (Lipinski definition) is 2. The highest BCUT2D eigenvalue weighted by Crippen LogP contribution is 2.22. The van der Waals surface area contributed by atoms with E-state index in [1.54, 1.807) is 30.7 Å². The summed E-state index contributed by atoms with van der Waals surface area (Å²) in [5, 5.41) is 8.74. The fourth-order valence-corrected chi connectivity index (χ4v) is 3.18. The number of nitrogens with one attached hydrogen (secondary N) is 2. The third kappa shape index (κ3) is 6.21. The molecule has 142 valence electrons. The summed E-state index contributed by atoms with van der Waals surface area (Å²) >= 11 is 13.2. The van der Waals surface area contributed by atoms with E-state index in [2.05, 4.69) is 20.6 Å². The second-order valence-corrected chi connectivity index (χ2v) is 7.23. The summed E-state index contributed by atoms with van der Waals surface area (Å²) in [5.74, 6) is 0. The Morgan fingerprint density at radius 3 is 2.96 bits per heavy atom. The van der Waals surface area contributed by atoms with Crippen molar-refractivity contribution in [2.24, 2.45) is 0 Å². The minimum Gasteiger partial charge on any atom is -0.373 e. The Bertz CT molecular complexity index is 885. The molecule has 2 amide bonds. The van der Waals surface area contributed by atoms with Crippen LogP contribution in [0.25, 0.3) is 0 Å². The molecule has 0 saturated carbocycles. The average Bonchev–Trinajstić information content (AvgIpc) is 3.32. The predicted molar refractivity (Wildman–Crippen MR) is 106 cm³/mol. The molecule has 2 heterocycles. The van der Waals surface area contributed by atoms with Crippen LogP contribution in [0.15, 0.2) is 42.3 Å². The first kappa shape index (κ1) is 19.6. The van der Waals surface area contributed by atoms with Gasteiger partial charge in [-0.3, -0.25) is 5.32 Å². The van der Waals surface area contributed by atoms with E-state index < -0.39 is 0 Å². The van der Waals surface area contributed by atoms with E-state index >= 15 is 0 Å². The maximum atomic E-state index is 12.0. The van der Waals surface area contributed by atoms with Crippen molar-refractivity contribution in [1.29, 1.82) is 0 Å². The van der Waals surface area contributed by atoms with Gasteiger partial charge in [0.2, 0.25) is 0 Å². The van der Waals surface area contributed by atoms with Gasteiger partial charge < -0.3 is 14.6 Å². The molecule has 3 aromatic rings. The summed E-state index contributed by atoms with van der Waals surface area (Å²) in [6.45, 7) is 2.00. The summed E-state index contributed by atoms with van der Waals surface area (Å²) < 4.78 is 7.52. The minimum absolute atomic E-state index is 0.332. The number of amides is 2. The number of halogens is 2. The van der Waals surface area contributed by atoms with E-state index in [1.807, 2.05) is 16.1 Å². The van der Waals surface area contributed by atoms with Gasteiger partial charge in [0.05, 0.1) is 35.3 Å². The number of carbonyl (C=O) groups excluding carboxylic acids is 1. The van der Waals surface area contributed by atoms with Crippen LogP contribution in [0.4, 0.5) is 9.93 Å². The van der Waals surface area contributed by atoms with E-state index in [1.165, 1.54) is 11.3 Å². The lowest BCUT2D eigenvalue weighted by Crippen LogP contribution is -2.28. The molecule has 0 bridgehead atoms. The molecule has 10 heteroatoms. The molecule has 0 aliphatic heterocycles. The van der Waals surface area contributed by atoms with E-state index in [0.717, 1.165) is 17.8 Å². The van der Waals surface area contributed by atoms with Gasteiger partial charge in [-0.2, -0.15) is 0 Å². The van der Waals surface area contributed by atoms with Crippen molar-refractivity contribution in [3.63, 3.8) is 0 Å². The highest BCUT2D eigenvalue weighted by molar-refractivity contribution is 7.13.